The normalized spacial score (nSPS) is 11.1. The third-order valence-corrected chi connectivity index (χ3v) is 3.87. The maximum Gasteiger partial charge on any atom is 0.207 e. The molecule has 1 heterocycles. The van der Waals surface area contributed by atoms with E-state index in [1.54, 1.807) is 18.2 Å². The molecule has 0 unspecified atom stereocenters. The van der Waals surface area contributed by atoms with Crippen LogP contribution in [0.2, 0.25) is 0 Å². The van der Waals surface area contributed by atoms with Gasteiger partial charge in [-0.25, -0.2) is 8.42 Å². The number of rotatable bonds is 3. The van der Waals surface area contributed by atoms with Gasteiger partial charge in [-0.3, -0.25) is 9.89 Å². The molecule has 0 aliphatic rings. The van der Waals surface area contributed by atoms with Crippen LogP contribution in [-0.2, 0) is 16.5 Å². The van der Waals surface area contributed by atoms with Gasteiger partial charge in [0.2, 0.25) is 5.43 Å². The SMILES string of the molecule is O=c1cn[nH]c2cc(-c3ccc(C[SH](=O)=O)cc3)ccc12. The van der Waals surface area contributed by atoms with Gasteiger partial charge in [-0.1, -0.05) is 30.3 Å². The highest BCUT2D eigenvalue weighted by Gasteiger charge is 2.03. The highest BCUT2D eigenvalue weighted by Crippen LogP contribution is 2.22. The van der Waals surface area contributed by atoms with Gasteiger partial charge in [-0.15, -0.1) is 0 Å². The Hall–Kier alpha value is -2.47. The van der Waals surface area contributed by atoms with Crippen LogP contribution < -0.4 is 5.43 Å². The molecule has 3 aromatic rings. The van der Waals surface area contributed by atoms with Crippen molar-refractivity contribution < 1.29 is 8.42 Å². The molecule has 0 spiro atoms. The predicted octanol–water partition coefficient (Wildman–Crippen LogP) is 1.70. The molecule has 6 heteroatoms. The monoisotopic (exact) mass is 300 g/mol. The molecule has 0 fully saturated rings. The van der Waals surface area contributed by atoms with Gasteiger partial charge in [0.15, 0.2) is 0 Å². The van der Waals surface area contributed by atoms with E-state index in [1.165, 1.54) is 6.20 Å². The number of thiol groups is 1. The van der Waals surface area contributed by atoms with Gasteiger partial charge in [0.25, 0.3) is 0 Å². The first-order chi connectivity index (χ1) is 10.1. The van der Waals surface area contributed by atoms with Gasteiger partial charge in [-0.05, 0) is 28.8 Å². The second kappa shape index (κ2) is 5.49. The highest BCUT2D eigenvalue weighted by molar-refractivity contribution is 7.71. The molecule has 2 aromatic carbocycles. The van der Waals surface area contributed by atoms with Crippen molar-refractivity contribution in [3.63, 3.8) is 0 Å². The molecule has 0 radical (unpaired) electrons. The Morgan fingerprint density at radius 2 is 1.71 bits per heavy atom. The van der Waals surface area contributed by atoms with Crippen molar-refractivity contribution in [1.29, 1.82) is 0 Å². The third kappa shape index (κ3) is 2.85. The van der Waals surface area contributed by atoms with Crippen LogP contribution in [0.1, 0.15) is 5.56 Å². The van der Waals surface area contributed by atoms with Crippen molar-refractivity contribution in [3.8, 4) is 11.1 Å². The zero-order valence-electron chi connectivity index (χ0n) is 10.9. The highest BCUT2D eigenvalue weighted by atomic mass is 32.2. The summed E-state index contributed by atoms with van der Waals surface area (Å²) in [6.45, 7) is 0. The van der Waals surface area contributed by atoms with Crippen LogP contribution >= 0.6 is 0 Å². The molecule has 0 atom stereocenters. The number of benzene rings is 2. The van der Waals surface area contributed by atoms with Crippen LogP contribution in [0.3, 0.4) is 0 Å². The largest absolute Gasteiger partial charge is 0.287 e. The number of aromatic amines is 1. The van der Waals surface area contributed by atoms with Crippen molar-refractivity contribution in [2.24, 2.45) is 0 Å². The second-order valence-electron chi connectivity index (χ2n) is 4.68. The molecule has 106 valence electrons. The van der Waals surface area contributed by atoms with Gasteiger partial charge in [-0.2, -0.15) is 5.10 Å². The molecule has 0 aliphatic heterocycles. The molecular weight excluding hydrogens is 288 g/mol. The number of fused-ring (bicyclic) bond motifs is 1. The van der Waals surface area contributed by atoms with Crippen molar-refractivity contribution in [2.75, 3.05) is 0 Å². The van der Waals surface area contributed by atoms with Crippen LogP contribution in [0.4, 0.5) is 0 Å². The summed E-state index contributed by atoms with van der Waals surface area (Å²) in [4.78, 5) is 11.6. The molecule has 0 amide bonds. The van der Waals surface area contributed by atoms with E-state index >= 15 is 0 Å². The first kappa shape index (κ1) is 13.5. The van der Waals surface area contributed by atoms with E-state index < -0.39 is 10.7 Å². The molecule has 5 nitrogen and oxygen atoms in total. The number of nitrogens with one attached hydrogen (secondary N) is 1. The van der Waals surface area contributed by atoms with Crippen molar-refractivity contribution in [3.05, 3.63) is 64.4 Å². The fraction of sp³-hybridized carbons (Fsp3) is 0.0667. The zero-order chi connectivity index (χ0) is 14.8. The summed E-state index contributed by atoms with van der Waals surface area (Å²) in [5.41, 5.74) is 3.19. The minimum absolute atomic E-state index is 0.0462. The second-order valence-corrected chi connectivity index (χ2v) is 5.66. The molecule has 1 N–H and O–H groups in total. The minimum Gasteiger partial charge on any atom is -0.287 e. The molecule has 21 heavy (non-hydrogen) atoms. The van der Waals surface area contributed by atoms with E-state index in [0.717, 1.165) is 16.7 Å². The lowest BCUT2D eigenvalue weighted by Gasteiger charge is -2.04. The quantitative estimate of drug-likeness (QED) is 0.722. The summed E-state index contributed by atoms with van der Waals surface area (Å²) >= 11 is 0. The van der Waals surface area contributed by atoms with Crippen LogP contribution in [0, 0.1) is 0 Å². The van der Waals surface area contributed by atoms with Gasteiger partial charge in [0.1, 0.15) is 10.7 Å². The lowest BCUT2D eigenvalue weighted by atomic mass is 10.0. The minimum atomic E-state index is -2.42. The van der Waals surface area contributed by atoms with Gasteiger partial charge in [0.05, 0.1) is 17.5 Å². The Labute approximate surface area is 122 Å². The van der Waals surface area contributed by atoms with E-state index in [4.69, 9.17) is 0 Å². The summed E-state index contributed by atoms with van der Waals surface area (Å²) in [6.07, 6.45) is 1.25. The zero-order valence-corrected chi connectivity index (χ0v) is 11.8. The molecule has 0 saturated carbocycles. The maximum absolute atomic E-state index is 11.6. The number of H-pyrrole nitrogens is 1. The fourth-order valence-electron chi connectivity index (χ4n) is 2.21. The average molecular weight is 300 g/mol. The summed E-state index contributed by atoms with van der Waals surface area (Å²) in [5, 5.41) is 7.19. The van der Waals surface area contributed by atoms with Crippen molar-refractivity contribution in [1.82, 2.24) is 10.2 Å². The molecule has 1 aromatic heterocycles. The molecule has 3 rings (SSSR count). The summed E-state index contributed by atoms with van der Waals surface area (Å²) in [6, 6.07) is 12.8. The van der Waals surface area contributed by atoms with E-state index in [1.807, 2.05) is 24.3 Å². The number of hydrogen-bond donors (Lipinski definition) is 2. The van der Waals surface area contributed by atoms with Crippen molar-refractivity contribution >= 4 is 21.6 Å². The fourth-order valence-corrected chi connectivity index (χ4v) is 2.72. The lowest BCUT2D eigenvalue weighted by molar-refractivity contribution is 0.614. The predicted molar refractivity (Wildman–Crippen MR) is 81.8 cm³/mol. The Kier molecular flexibility index (Phi) is 3.53. The topological polar surface area (TPSA) is 79.9 Å². The van der Waals surface area contributed by atoms with Gasteiger partial charge < -0.3 is 0 Å². The van der Waals surface area contributed by atoms with E-state index in [0.29, 0.717) is 10.9 Å². The summed E-state index contributed by atoms with van der Waals surface area (Å²) in [7, 11) is -2.42. The van der Waals surface area contributed by atoms with Crippen molar-refractivity contribution in [2.45, 2.75) is 5.75 Å². The smallest absolute Gasteiger partial charge is 0.207 e. The Bertz CT molecular complexity index is 920. The molecule has 0 bridgehead atoms. The van der Waals surface area contributed by atoms with E-state index in [2.05, 4.69) is 10.2 Å². The van der Waals surface area contributed by atoms with E-state index in [-0.39, 0.29) is 11.2 Å². The van der Waals surface area contributed by atoms with Crippen LogP contribution in [0.15, 0.2) is 53.5 Å². The lowest BCUT2D eigenvalue weighted by Crippen LogP contribution is -2.02. The van der Waals surface area contributed by atoms with E-state index in [9.17, 15) is 13.2 Å². The summed E-state index contributed by atoms with van der Waals surface area (Å²) < 4.78 is 21.4. The molecule has 0 aliphatic carbocycles. The Morgan fingerprint density at radius 1 is 1.00 bits per heavy atom. The number of hydrogen-bond acceptors (Lipinski definition) is 4. The Balaban J connectivity index is 2.02. The van der Waals surface area contributed by atoms with Crippen LogP contribution in [-0.4, -0.2) is 18.6 Å². The maximum atomic E-state index is 11.6. The van der Waals surface area contributed by atoms with Crippen LogP contribution in [0.5, 0.6) is 0 Å². The Morgan fingerprint density at radius 3 is 2.43 bits per heavy atom. The van der Waals surface area contributed by atoms with Gasteiger partial charge in [0, 0.05) is 5.39 Å². The van der Waals surface area contributed by atoms with Gasteiger partial charge >= 0.3 is 0 Å². The third-order valence-electron chi connectivity index (χ3n) is 3.25. The molecular formula is C15H12N2O3S. The summed E-state index contributed by atoms with van der Waals surface area (Å²) in [5.74, 6) is 0.0462. The first-order valence-corrected chi connectivity index (χ1v) is 7.68. The number of nitrogens with zero attached hydrogens (tertiary/aromatic N) is 1. The number of aromatic nitrogens is 2. The average Bonchev–Trinajstić information content (AvgIpc) is 2.47. The molecule has 0 saturated heterocycles. The standard InChI is InChI=1S/C15H12N2O3S/c18-15-8-16-17-14-7-12(5-6-13(14)15)11-3-1-10(2-4-11)9-21(19)20/h1-8,21H,9H2,(H,17,18). The van der Waals surface area contributed by atoms with Crippen LogP contribution in [0.25, 0.3) is 22.0 Å². The first-order valence-electron chi connectivity index (χ1n) is 6.32.